The van der Waals surface area contributed by atoms with Gasteiger partial charge in [-0.1, -0.05) is 29.5 Å². The number of hydrogen-bond acceptors (Lipinski definition) is 9. The lowest BCUT2D eigenvalue weighted by Gasteiger charge is -2.23. The summed E-state index contributed by atoms with van der Waals surface area (Å²) in [6, 6.07) is 6.90. The fraction of sp³-hybridized carbons (Fsp3) is 0.231. The summed E-state index contributed by atoms with van der Waals surface area (Å²) in [4.78, 5) is 44.5. The molecule has 1 aliphatic rings. The first-order valence-electron chi connectivity index (χ1n) is 11.2. The van der Waals surface area contributed by atoms with Gasteiger partial charge in [-0.15, -0.1) is 0 Å². The molecular formula is C26H23FN2O7S. The number of nitrogens with zero attached hydrogens (tertiary/aromatic N) is 2. The Morgan fingerprint density at radius 3 is 2.57 bits per heavy atom. The van der Waals surface area contributed by atoms with Crippen LogP contribution in [-0.4, -0.2) is 46.6 Å². The number of halogens is 1. The Hall–Kier alpha value is -4.25. The van der Waals surface area contributed by atoms with E-state index in [1.807, 2.05) is 0 Å². The number of Topliss-reactive ketones (excluding diaryl/α,β-unsaturated/α-hetero) is 1. The zero-order chi connectivity index (χ0) is 27.0. The topological polar surface area (TPSA) is 126 Å². The Labute approximate surface area is 215 Å². The van der Waals surface area contributed by atoms with Crippen molar-refractivity contribution in [2.45, 2.75) is 26.8 Å². The van der Waals surface area contributed by atoms with Crippen LogP contribution in [0.3, 0.4) is 0 Å². The van der Waals surface area contributed by atoms with Gasteiger partial charge in [-0.3, -0.25) is 14.5 Å². The van der Waals surface area contributed by atoms with Gasteiger partial charge in [0.15, 0.2) is 16.6 Å². The summed E-state index contributed by atoms with van der Waals surface area (Å²) in [6.45, 7) is 4.90. The number of aromatic nitrogens is 1. The molecule has 0 radical (unpaired) electrons. The van der Waals surface area contributed by atoms with Gasteiger partial charge >= 0.3 is 11.9 Å². The number of benzene rings is 2. The van der Waals surface area contributed by atoms with Crippen LogP contribution >= 0.6 is 11.3 Å². The van der Waals surface area contributed by atoms with Gasteiger partial charge in [0.25, 0.3) is 5.78 Å². The van der Waals surface area contributed by atoms with Crippen molar-refractivity contribution in [3.63, 3.8) is 0 Å². The molecule has 0 unspecified atom stereocenters. The minimum Gasteiger partial charge on any atom is -0.507 e. The number of ether oxygens (including phenoxy) is 2. The number of methoxy groups -OCH3 is 1. The Bertz CT molecular complexity index is 1460. The van der Waals surface area contributed by atoms with Crippen molar-refractivity contribution < 1.29 is 38.5 Å². The molecule has 0 bridgehead atoms. The Balaban J connectivity index is 1.95. The predicted molar refractivity (Wildman–Crippen MR) is 133 cm³/mol. The maximum Gasteiger partial charge on any atom is 0.350 e. The summed E-state index contributed by atoms with van der Waals surface area (Å²) in [5.41, 5.74) is 0.615. The average molecular weight is 527 g/mol. The molecule has 1 fully saturated rings. The number of aliphatic hydroxyl groups is 1. The molecule has 2 heterocycles. The van der Waals surface area contributed by atoms with Crippen molar-refractivity contribution in [1.82, 2.24) is 4.98 Å². The third-order valence-corrected chi connectivity index (χ3v) is 7.00. The number of phenols is 1. The lowest BCUT2D eigenvalue weighted by Crippen LogP contribution is -2.29. The molecule has 0 aliphatic carbocycles. The number of phenolic OH excluding ortho intramolecular Hbond substituents is 1. The van der Waals surface area contributed by atoms with Crippen molar-refractivity contribution in [1.29, 1.82) is 0 Å². The molecule has 2 N–H and O–H groups in total. The molecule has 1 aromatic heterocycles. The van der Waals surface area contributed by atoms with Crippen LogP contribution in [0, 0.1) is 19.7 Å². The fourth-order valence-electron chi connectivity index (χ4n) is 3.98. The van der Waals surface area contributed by atoms with Crippen LogP contribution in [0.1, 0.15) is 45.0 Å². The zero-order valence-electron chi connectivity index (χ0n) is 20.4. The summed E-state index contributed by atoms with van der Waals surface area (Å²) in [5.74, 6) is -3.97. The molecule has 3 aromatic rings. The summed E-state index contributed by atoms with van der Waals surface area (Å²) in [6.07, 6.45) is 0. The minimum absolute atomic E-state index is 0.000578. The summed E-state index contributed by atoms with van der Waals surface area (Å²) in [7, 11) is 1.33. The van der Waals surface area contributed by atoms with Crippen LogP contribution < -0.4 is 9.64 Å². The minimum atomic E-state index is -1.22. The SMILES string of the molecule is CCOC(=O)c1sc(N2C(=O)C(=O)C(=C(O)c3ccc(C)c(F)c3)[C@@H]2c2ccc(O)c(OC)c2)nc1C. The molecule has 1 aliphatic heterocycles. The number of anilines is 1. The molecular weight excluding hydrogens is 503 g/mol. The smallest absolute Gasteiger partial charge is 0.350 e. The van der Waals surface area contributed by atoms with Gasteiger partial charge in [0.05, 0.1) is 31.0 Å². The molecule has 1 amide bonds. The third kappa shape index (κ3) is 4.53. The van der Waals surface area contributed by atoms with Gasteiger partial charge in [0.1, 0.15) is 16.5 Å². The number of carbonyl (C=O) groups is 3. The standard InChI is InChI=1S/C26H23FN2O7S/c1-5-36-25(34)23-13(3)28-26(37-23)29-20(14-8-9-17(30)18(11-14)35-4)19(22(32)24(29)33)21(31)15-7-6-12(2)16(27)10-15/h6-11,20,30-31H,5H2,1-4H3/t20-/m0/s1. The van der Waals surface area contributed by atoms with Crippen LogP contribution in [0.5, 0.6) is 11.5 Å². The van der Waals surface area contributed by atoms with E-state index in [1.54, 1.807) is 20.8 Å². The van der Waals surface area contributed by atoms with Crippen molar-refractivity contribution in [2.75, 3.05) is 18.6 Å². The monoisotopic (exact) mass is 526 g/mol. The van der Waals surface area contributed by atoms with E-state index in [2.05, 4.69) is 4.98 Å². The summed E-state index contributed by atoms with van der Waals surface area (Å²) >= 11 is 0.858. The molecule has 9 nitrogen and oxygen atoms in total. The molecule has 0 saturated carbocycles. The van der Waals surface area contributed by atoms with Gasteiger partial charge in [-0.05, 0) is 50.1 Å². The van der Waals surface area contributed by atoms with E-state index in [0.717, 1.165) is 22.3 Å². The maximum atomic E-state index is 14.3. The first-order chi connectivity index (χ1) is 17.6. The van der Waals surface area contributed by atoms with Crippen molar-refractivity contribution in [2.24, 2.45) is 0 Å². The van der Waals surface area contributed by atoms with E-state index in [9.17, 15) is 29.0 Å². The van der Waals surface area contributed by atoms with E-state index >= 15 is 0 Å². The van der Waals surface area contributed by atoms with Crippen LogP contribution in [0.2, 0.25) is 0 Å². The summed E-state index contributed by atoms with van der Waals surface area (Å²) < 4.78 is 24.5. The van der Waals surface area contributed by atoms with Crippen molar-refractivity contribution in [3.8, 4) is 11.5 Å². The Kier molecular flexibility index (Phi) is 6.99. The first kappa shape index (κ1) is 25.8. The van der Waals surface area contributed by atoms with Gasteiger partial charge < -0.3 is 19.7 Å². The average Bonchev–Trinajstić information content (AvgIpc) is 3.37. The van der Waals surface area contributed by atoms with Gasteiger partial charge in [0, 0.05) is 5.56 Å². The van der Waals surface area contributed by atoms with E-state index in [4.69, 9.17) is 9.47 Å². The second kappa shape index (κ2) is 10.0. The largest absolute Gasteiger partial charge is 0.507 e. The normalized spacial score (nSPS) is 16.8. The van der Waals surface area contributed by atoms with Crippen LogP contribution in [-0.2, 0) is 14.3 Å². The van der Waals surface area contributed by atoms with Crippen LogP contribution in [0.15, 0.2) is 42.0 Å². The number of aliphatic hydroxyl groups excluding tert-OH is 1. The Morgan fingerprint density at radius 2 is 1.92 bits per heavy atom. The molecule has 11 heteroatoms. The zero-order valence-corrected chi connectivity index (χ0v) is 21.2. The van der Waals surface area contributed by atoms with Crippen molar-refractivity contribution >= 4 is 39.9 Å². The third-order valence-electron chi connectivity index (χ3n) is 5.86. The highest BCUT2D eigenvalue weighted by Gasteiger charge is 2.48. The highest BCUT2D eigenvalue weighted by molar-refractivity contribution is 7.17. The number of amides is 1. The maximum absolute atomic E-state index is 14.3. The number of carbonyl (C=O) groups excluding carboxylic acids is 3. The highest BCUT2D eigenvalue weighted by Crippen LogP contribution is 2.45. The van der Waals surface area contributed by atoms with Crippen molar-refractivity contribution in [3.05, 3.63) is 75.0 Å². The van der Waals surface area contributed by atoms with E-state index in [0.29, 0.717) is 16.8 Å². The van der Waals surface area contributed by atoms with Gasteiger partial charge in [0.2, 0.25) is 0 Å². The predicted octanol–water partition coefficient (Wildman–Crippen LogP) is 4.42. The fourth-order valence-corrected chi connectivity index (χ4v) is 4.96. The summed E-state index contributed by atoms with van der Waals surface area (Å²) in [5, 5.41) is 21.3. The second-order valence-electron chi connectivity index (χ2n) is 8.20. The number of aryl methyl sites for hydroxylation is 2. The number of thiazole rings is 1. The first-order valence-corrected chi connectivity index (χ1v) is 12.0. The van der Waals surface area contributed by atoms with Gasteiger partial charge in [-0.25, -0.2) is 14.2 Å². The number of aromatic hydroxyl groups is 1. The quantitative estimate of drug-likeness (QED) is 0.209. The molecule has 2 aromatic carbocycles. The number of ketones is 1. The Morgan fingerprint density at radius 1 is 1.19 bits per heavy atom. The van der Waals surface area contributed by atoms with E-state index < -0.39 is 35.3 Å². The van der Waals surface area contributed by atoms with Gasteiger partial charge in [-0.2, -0.15) is 0 Å². The number of esters is 1. The molecule has 192 valence electrons. The molecule has 37 heavy (non-hydrogen) atoms. The molecule has 1 saturated heterocycles. The second-order valence-corrected chi connectivity index (χ2v) is 9.17. The lowest BCUT2D eigenvalue weighted by atomic mass is 9.95. The number of rotatable bonds is 6. The number of hydrogen-bond donors (Lipinski definition) is 2. The molecule has 4 rings (SSSR count). The van der Waals surface area contributed by atoms with E-state index in [-0.39, 0.29) is 39.3 Å². The van der Waals surface area contributed by atoms with Crippen LogP contribution in [0.25, 0.3) is 5.76 Å². The van der Waals surface area contributed by atoms with Crippen LogP contribution in [0.4, 0.5) is 9.52 Å². The lowest BCUT2D eigenvalue weighted by molar-refractivity contribution is -0.132. The molecule has 0 spiro atoms. The van der Waals surface area contributed by atoms with E-state index in [1.165, 1.54) is 37.4 Å². The highest BCUT2D eigenvalue weighted by atomic mass is 32.1. The molecule has 1 atom stereocenters.